The normalized spacial score (nSPS) is 10.7. The van der Waals surface area contributed by atoms with Gasteiger partial charge in [-0.15, -0.1) is 0 Å². The number of carboxylic acids is 1. The van der Waals surface area contributed by atoms with Crippen molar-refractivity contribution >= 4 is 11.7 Å². The molecule has 3 rings (SSSR count). The highest BCUT2D eigenvalue weighted by atomic mass is 19.1. The lowest BCUT2D eigenvalue weighted by molar-refractivity contribution is 0.0698. The largest absolute Gasteiger partial charge is 0.478 e. The molecule has 0 unspecified atom stereocenters. The van der Waals surface area contributed by atoms with Crippen molar-refractivity contribution < 1.29 is 14.3 Å². The van der Waals surface area contributed by atoms with Crippen LogP contribution in [0.1, 0.15) is 43.7 Å². The van der Waals surface area contributed by atoms with Gasteiger partial charge in [0.15, 0.2) is 0 Å². The minimum Gasteiger partial charge on any atom is -0.478 e. The van der Waals surface area contributed by atoms with Crippen molar-refractivity contribution in [2.45, 2.75) is 33.7 Å². The molecule has 0 aromatic heterocycles. The Bertz CT molecular complexity index is 987. The van der Waals surface area contributed by atoms with Crippen molar-refractivity contribution in [3.05, 3.63) is 99.4 Å². The molecule has 0 aliphatic heterocycles. The second-order valence-corrected chi connectivity index (χ2v) is 7.24. The SMILES string of the molecule is Cc1ccc(Cc2cc(C)c(CNc3ccc(C)cc3C(=O)O)c(F)c2)cc1. The summed E-state index contributed by atoms with van der Waals surface area (Å²) in [5, 5.41) is 12.5. The van der Waals surface area contributed by atoms with Gasteiger partial charge in [0.2, 0.25) is 0 Å². The predicted octanol–water partition coefficient (Wildman–Crippen LogP) is 5.65. The summed E-state index contributed by atoms with van der Waals surface area (Å²) < 4.78 is 14.7. The van der Waals surface area contributed by atoms with Gasteiger partial charge in [0.05, 0.1) is 5.56 Å². The van der Waals surface area contributed by atoms with E-state index in [1.165, 1.54) is 5.56 Å². The first-order chi connectivity index (χ1) is 13.3. The first-order valence-corrected chi connectivity index (χ1v) is 9.25. The summed E-state index contributed by atoms with van der Waals surface area (Å²) in [6.07, 6.45) is 0.673. The molecule has 2 N–H and O–H groups in total. The standard InChI is InChI=1S/C24H24FNO2/c1-15-4-7-18(8-5-15)12-19-11-17(3)21(22(25)13-19)14-26-23-9-6-16(2)10-20(23)24(27)28/h4-11,13,26H,12,14H2,1-3H3,(H,27,28). The molecule has 3 nitrogen and oxygen atoms in total. The van der Waals surface area contributed by atoms with Gasteiger partial charge in [-0.3, -0.25) is 0 Å². The number of rotatable bonds is 6. The average molecular weight is 377 g/mol. The number of halogens is 1. The Hall–Kier alpha value is -3.14. The van der Waals surface area contributed by atoms with Crippen LogP contribution in [0, 0.1) is 26.6 Å². The summed E-state index contributed by atoms with van der Waals surface area (Å²) in [5.41, 5.74) is 6.19. The van der Waals surface area contributed by atoms with Crippen molar-refractivity contribution in [2.24, 2.45) is 0 Å². The molecule has 0 aliphatic carbocycles. The maximum absolute atomic E-state index is 14.7. The number of nitrogens with one attached hydrogen (secondary N) is 1. The molecule has 0 amide bonds. The molecule has 0 fully saturated rings. The zero-order valence-electron chi connectivity index (χ0n) is 16.3. The fraction of sp³-hybridized carbons (Fsp3) is 0.208. The van der Waals surface area contributed by atoms with Gasteiger partial charge in [-0.25, -0.2) is 9.18 Å². The number of carboxylic acid groups (broad SMARTS) is 1. The van der Waals surface area contributed by atoms with Crippen LogP contribution in [0.25, 0.3) is 0 Å². The van der Waals surface area contributed by atoms with Gasteiger partial charge in [0.1, 0.15) is 5.82 Å². The quantitative estimate of drug-likeness (QED) is 0.583. The molecule has 144 valence electrons. The molecule has 0 saturated carbocycles. The molecule has 0 heterocycles. The number of hydrogen-bond donors (Lipinski definition) is 2. The highest BCUT2D eigenvalue weighted by molar-refractivity contribution is 5.94. The molecule has 3 aromatic carbocycles. The smallest absolute Gasteiger partial charge is 0.337 e. The van der Waals surface area contributed by atoms with Crippen molar-refractivity contribution in [3.63, 3.8) is 0 Å². The molecule has 0 aliphatic rings. The summed E-state index contributed by atoms with van der Waals surface area (Å²) in [7, 11) is 0. The van der Waals surface area contributed by atoms with Crippen LogP contribution in [0.15, 0.2) is 54.6 Å². The zero-order valence-corrected chi connectivity index (χ0v) is 16.3. The van der Waals surface area contributed by atoms with Crippen molar-refractivity contribution in [1.82, 2.24) is 0 Å². The monoisotopic (exact) mass is 377 g/mol. The van der Waals surface area contributed by atoms with E-state index in [1.54, 1.807) is 18.2 Å². The van der Waals surface area contributed by atoms with E-state index in [4.69, 9.17) is 0 Å². The summed E-state index contributed by atoms with van der Waals surface area (Å²) in [6.45, 7) is 5.99. The molecule has 4 heteroatoms. The number of aryl methyl sites for hydroxylation is 3. The van der Waals surface area contributed by atoms with Crippen LogP contribution >= 0.6 is 0 Å². The molecular weight excluding hydrogens is 353 g/mol. The predicted molar refractivity (Wildman–Crippen MR) is 111 cm³/mol. The maximum atomic E-state index is 14.7. The van der Waals surface area contributed by atoms with Gasteiger partial charge in [-0.2, -0.15) is 0 Å². The van der Waals surface area contributed by atoms with E-state index in [2.05, 4.69) is 29.6 Å². The Morgan fingerprint density at radius 1 is 0.929 bits per heavy atom. The second kappa shape index (κ2) is 8.26. The lowest BCUT2D eigenvalue weighted by Crippen LogP contribution is -2.09. The Kier molecular flexibility index (Phi) is 5.78. The van der Waals surface area contributed by atoms with E-state index in [1.807, 2.05) is 32.9 Å². The van der Waals surface area contributed by atoms with E-state index in [9.17, 15) is 14.3 Å². The fourth-order valence-corrected chi connectivity index (χ4v) is 3.29. The zero-order chi connectivity index (χ0) is 20.3. The fourth-order valence-electron chi connectivity index (χ4n) is 3.29. The first-order valence-electron chi connectivity index (χ1n) is 9.25. The van der Waals surface area contributed by atoms with Gasteiger partial charge >= 0.3 is 5.97 Å². The van der Waals surface area contributed by atoms with Crippen LogP contribution in [0.4, 0.5) is 10.1 Å². The summed E-state index contributed by atoms with van der Waals surface area (Å²) >= 11 is 0. The number of anilines is 1. The van der Waals surface area contributed by atoms with Crippen LogP contribution in [0.5, 0.6) is 0 Å². The van der Waals surface area contributed by atoms with E-state index in [0.717, 1.165) is 22.3 Å². The van der Waals surface area contributed by atoms with Crippen molar-refractivity contribution in [1.29, 1.82) is 0 Å². The van der Waals surface area contributed by atoms with Gasteiger partial charge in [0, 0.05) is 17.8 Å². The van der Waals surface area contributed by atoms with E-state index >= 15 is 0 Å². The summed E-state index contributed by atoms with van der Waals surface area (Å²) in [4.78, 5) is 11.4. The number of benzene rings is 3. The molecule has 28 heavy (non-hydrogen) atoms. The second-order valence-electron chi connectivity index (χ2n) is 7.24. The van der Waals surface area contributed by atoms with Crippen molar-refractivity contribution in [3.8, 4) is 0 Å². The van der Waals surface area contributed by atoms with Gasteiger partial charge in [0.25, 0.3) is 0 Å². The highest BCUT2D eigenvalue weighted by Gasteiger charge is 2.13. The Morgan fingerprint density at radius 2 is 1.61 bits per heavy atom. The van der Waals surface area contributed by atoms with Crippen LogP contribution in [-0.4, -0.2) is 11.1 Å². The first kappa shape index (κ1) is 19.6. The van der Waals surface area contributed by atoms with E-state index in [-0.39, 0.29) is 17.9 Å². The Balaban J connectivity index is 1.78. The highest BCUT2D eigenvalue weighted by Crippen LogP contribution is 2.22. The molecule has 3 aromatic rings. The van der Waals surface area contributed by atoms with Crippen LogP contribution in [-0.2, 0) is 13.0 Å². The summed E-state index contributed by atoms with van der Waals surface area (Å²) in [5.74, 6) is -1.28. The minimum absolute atomic E-state index is 0.189. The van der Waals surface area contributed by atoms with Crippen molar-refractivity contribution in [2.75, 3.05) is 5.32 Å². The maximum Gasteiger partial charge on any atom is 0.337 e. The third-order valence-electron chi connectivity index (χ3n) is 4.87. The van der Waals surface area contributed by atoms with Gasteiger partial charge < -0.3 is 10.4 Å². The van der Waals surface area contributed by atoms with E-state index < -0.39 is 5.97 Å². The molecule has 0 bridgehead atoms. The molecular formula is C24H24FNO2. The van der Waals surface area contributed by atoms with E-state index in [0.29, 0.717) is 17.7 Å². The third-order valence-corrected chi connectivity index (χ3v) is 4.87. The Morgan fingerprint density at radius 3 is 2.25 bits per heavy atom. The lowest BCUT2D eigenvalue weighted by Gasteiger charge is -2.14. The van der Waals surface area contributed by atoms with Crippen LogP contribution in [0.2, 0.25) is 0 Å². The van der Waals surface area contributed by atoms with Crippen LogP contribution in [0.3, 0.4) is 0 Å². The molecule has 0 atom stereocenters. The molecule has 0 saturated heterocycles. The van der Waals surface area contributed by atoms with Gasteiger partial charge in [-0.1, -0.05) is 47.5 Å². The average Bonchev–Trinajstić information content (AvgIpc) is 2.64. The number of hydrogen-bond acceptors (Lipinski definition) is 2. The molecule has 0 radical (unpaired) electrons. The topological polar surface area (TPSA) is 49.3 Å². The number of aromatic carboxylic acids is 1. The Labute approximate surface area is 164 Å². The number of carbonyl (C=O) groups is 1. The third kappa shape index (κ3) is 4.58. The molecule has 0 spiro atoms. The van der Waals surface area contributed by atoms with Gasteiger partial charge in [-0.05, 0) is 62.1 Å². The van der Waals surface area contributed by atoms with Crippen LogP contribution < -0.4 is 5.32 Å². The lowest BCUT2D eigenvalue weighted by atomic mass is 9.98. The minimum atomic E-state index is -1.00. The summed E-state index contributed by atoms with van der Waals surface area (Å²) in [6, 6.07) is 17.0.